The molecule has 1 aliphatic rings. The SMILES string of the molecule is COCc1cccc(N2C(=O)C=CC2=O)c1. The average molecular weight is 217 g/mol. The second kappa shape index (κ2) is 4.28. The number of hydrogen-bond acceptors (Lipinski definition) is 3. The zero-order valence-corrected chi connectivity index (χ0v) is 8.84. The molecule has 0 fully saturated rings. The first-order valence-electron chi connectivity index (χ1n) is 4.86. The van der Waals surface area contributed by atoms with Crippen LogP contribution in [-0.4, -0.2) is 18.9 Å². The Morgan fingerprint density at radius 2 is 1.88 bits per heavy atom. The van der Waals surface area contributed by atoms with Gasteiger partial charge in [0.25, 0.3) is 11.8 Å². The topological polar surface area (TPSA) is 46.6 Å². The fourth-order valence-corrected chi connectivity index (χ4v) is 1.61. The number of amides is 2. The standard InChI is InChI=1S/C12H11NO3/c1-16-8-9-3-2-4-10(7-9)13-11(14)5-6-12(13)15/h2-7H,8H2,1H3. The highest BCUT2D eigenvalue weighted by Gasteiger charge is 2.24. The van der Waals surface area contributed by atoms with E-state index in [1.165, 1.54) is 12.2 Å². The molecule has 0 radical (unpaired) electrons. The number of carbonyl (C=O) groups is 2. The Morgan fingerprint density at radius 3 is 2.50 bits per heavy atom. The van der Waals surface area contributed by atoms with Crippen molar-refractivity contribution in [2.75, 3.05) is 12.0 Å². The van der Waals surface area contributed by atoms with Crippen molar-refractivity contribution in [2.24, 2.45) is 0 Å². The first kappa shape index (κ1) is 10.6. The van der Waals surface area contributed by atoms with Crippen molar-refractivity contribution >= 4 is 17.5 Å². The highest BCUT2D eigenvalue weighted by molar-refractivity contribution is 6.28. The van der Waals surface area contributed by atoms with Crippen LogP contribution in [0.2, 0.25) is 0 Å². The first-order chi connectivity index (χ1) is 7.72. The molecule has 0 N–H and O–H groups in total. The van der Waals surface area contributed by atoms with Crippen LogP contribution >= 0.6 is 0 Å². The third-order valence-corrected chi connectivity index (χ3v) is 2.29. The van der Waals surface area contributed by atoms with E-state index < -0.39 is 0 Å². The summed E-state index contributed by atoms with van der Waals surface area (Å²) < 4.78 is 5.00. The fourth-order valence-electron chi connectivity index (χ4n) is 1.61. The molecule has 4 nitrogen and oxygen atoms in total. The van der Waals surface area contributed by atoms with E-state index in [0.29, 0.717) is 12.3 Å². The third-order valence-electron chi connectivity index (χ3n) is 2.29. The molecule has 2 rings (SSSR count). The number of benzene rings is 1. The number of hydrogen-bond donors (Lipinski definition) is 0. The Morgan fingerprint density at radius 1 is 1.19 bits per heavy atom. The van der Waals surface area contributed by atoms with Crippen molar-refractivity contribution in [2.45, 2.75) is 6.61 Å². The second-order valence-electron chi connectivity index (χ2n) is 3.45. The van der Waals surface area contributed by atoms with E-state index in [0.717, 1.165) is 10.5 Å². The van der Waals surface area contributed by atoms with E-state index in [4.69, 9.17) is 4.74 Å². The minimum Gasteiger partial charge on any atom is -0.380 e. The maximum atomic E-state index is 11.4. The number of ether oxygens (including phenoxy) is 1. The van der Waals surface area contributed by atoms with Crippen molar-refractivity contribution < 1.29 is 14.3 Å². The van der Waals surface area contributed by atoms with Gasteiger partial charge >= 0.3 is 0 Å². The molecule has 0 aromatic heterocycles. The number of rotatable bonds is 3. The molecular weight excluding hydrogens is 206 g/mol. The first-order valence-corrected chi connectivity index (χ1v) is 4.86. The molecule has 1 aliphatic heterocycles. The van der Waals surface area contributed by atoms with Crippen LogP contribution in [0.15, 0.2) is 36.4 Å². The third kappa shape index (κ3) is 1.87. The van der Waals surface area contributed by atoms with Crippen LogP contribution in [0.4, 0.5) is 5.69 Å². The van der Waals surface area contributed by atoms with Gasteiger partial charge in [0.1, 0.15) is 0 Å². The quantitative estimate of drug-likeness (QED) is 0.716. The van der Waals surface area contributed by atoms with Crippen molar-refractivity contribution in [1.82, 2.24) is 0 Å². The van der Waals surface area contributed by atoms with Crippen molar-refractivity contribution in [3.05, 3.63) is 42.0 Å². The molecule has 0 saturated heterocycles. The normalized spacial score (nSPS) is 14.9. The molecular formula is C12H11NO3. The van der Waals surface area contributed by atoms with Gasteiger partial charge in [-0.3, -0.25) is 9.59 Å². The number of methoxy groups -OCH3 is 1. The number of carbonyl (C=O) groups excluding carboxylic acids is 2. The zero-order chi connectivity index (χ0) is 11.5. The Bertz CT molecular complexity index is 447. The predicted octanol–water partition coefficient (Wildman–Crippen LogP) is 1.26. The number of nitrogens with zero attached hydrogens (tertiary/aromatic N) is 1. The molecule has 0 atom stereocenters. The molecule has 0 bridgehead atoms. The van der Waals surface area contributed by atoms with E-state index >= 15 is 0 Å². The van der Waals surface area contributed by atoms with Gasteiger partial charge in [-0.25, -0.2) is 4.90 Å². The monoisotopic (exact) mass is 217 g/mol. The zero-order valence-electron chi connectivity index (χ0n) is 8.84. The summed E-state index contributed by atoms with van der Waals surface area (Å²) in [5, 5.41) is 0. The maximum absolute atomic E-state index is 11.4. The minimum absolute atomic E-state index is 0.306. The van der Waals surface area contributed by atoms with Crippen LogP contribution < -0.4 is 4.90 Å². The Kier molecular flexibility index (Phi) is 2.83. The van der Waals surface area contributed by atoms with Gasteiger partial charge in [-0.15, -0.1) is 0 Å². The fraction of sp³-hybridized carbons (Fsp3) is 0.167. The molecule has 82 valence electrons. The van der Waals surface area contributed by atoms with Crippen LogP contribution in [0, 0.1) is 0 Å². The lowest BCUT2D eigenvalue weighted by atomic mass is 10.2. The minimum atomic E-state index is -0.306. The van der Waals surface area contributed by atoms with E-state index in [9.17, 15) is 9.59 Å². The van der Waals surface area contributed by atoms with Crippen LogP contribution in [0.3, 0.4) is 0 Å². The molecule has 1 heterocycles. The number of imide groups is 1. The summed E-state index contributed by atoms with van der Waals surface area (Å²) in [5.41, 5.74) is 1.50. The lowest BCUT2D eigenvalue weighted by Gasteiger charge is -2.14. The molecule has 2 amide bonds. The van der Waals surface area contributed by atoms with Gasteiger partial charge in [-0.05, 0) is 17.7 Å². The molecule has 0 aliphatic carbocycles. The van der Waals surface area contributed by atoms with Gasteiger partial charge in [0.2, 0.25) is 0 Å². The van der Waals surface area contributed by atoms with E-state index in [1.54, 1.807) is 25.3 Å². The molecule has 1 aromatic carbocycles. The average Bonchev–Trinajstić information content (AvgIpc) is 2.59. The van der Waals surface area contributed by atoms with Crippen LogP contribution in [0.25, 0.3) is 0 Å². The van der Waals surface area contributed by atoms with Gasteiger partial charge in [0.05, 0.1) is 12.3 Å². The molecule has 0 spiro atoms. The largest absolute Gasteiger partial charge is 0.380 e. The Balaban J connectivity index is 2.30. The van der Waals surface area contributed by atoms with Crippen molar-refractivity contribution in [3.63, 3.8) is 0 Å². The van der Waals surface area contributed by atoms with Crippen molar-refractivity contribution in [1.29, 1.82) is 0 Å². The Hall–Kier alpha value is -1.94. The number of anilines is 1. The summed E-state index contributed by atoms with van der Waals surface area (Å²) >= 11 is 0. The predicted molar refractivity (Wildman–Crippen MR) is 58.8 cm³/mol. The molecule has 16 heavy (non-hydrogen) atoms. The highest BCUT2D eigenvalue weighted by atomic mass is 16.5. The summed E-state index contributed by atoms with van der Waals surface area (Å²) in [6.07, 6.45) is 2.54. The lowest BCUT2D eigenvalue weighted by Crippen LogP contribution is -2.29. The smallest absolute Gasteiger partial charge is 0.258 e. The second-order valence-corrected chi connectivity index (χ2v) is 3.45. The maximum Gasteiger partial charge on any atom is 0.258 e. The van der Waals surface area contributed by atoms with Crippen LogP contribution in [-0.2, 0) is 20.9 Å². The summed E-state index contributed by atoms with van der Waals surface area (Å²) in [6.45, 7) is 0.456. The summed E-state index contributed by atoms with van der Waals surface area (Å²) in [7, 11) is 1.60. The van der Waals surface area contributed by atoms with E-state index in [1.807, 2.05) is 6.07 Å². The lowest BCUT2D eigenvalue weighted by molar-refractivity contribution is -0.119. The van der Waals surface area contributed by atoms with E-state index in [-0.39, 0.29) is 11.8 Å². The molecule has 4 heteroatoms. The van der Waals surface area contributed by atoms with Gasteiger partial charge in [0.15, 0.2) is 0 Å². The highest BCUT2D eigenvalue weighted by Crippen LogP contribution is 2.20. The molecule has 0 unspecified atom stereocenters. The van der Waals surface area contributed by atoms with Crippen LogP contribution in [0.1, 0.15) is 5.56 Å². The molecule has 1 aromatic rings. The van der Waals surface area contributed by atoms with Gasteiger partial charge in [-0.2, -0.15) is 0 Å². The van der Waals surface area contributed by atoms with Crippen molar-refractivity contribution in [3.8, 4) is 0 Å². The van der Waals surface area contributed by atoms with Crippen LogP contribution in [0.5, 0.6) is 0 Å². The summed E-state index contributed by atoms with van der Waals surface area (Å²) in [6, 6.07) is 7.17. The molecule has 0 saturated carbocycles. The Labute approximate surface area is 93.1 Å². The van der Waals surface area contributed by atoms with Gasteiger partial charge in [-0.1, -0.05) is 12.1 Å². The summed E-state index contributed by atoms with van der Waals surface area (Å²) in [4.78, 5) is 24.0. The van der Waals surface area contributed by atoms with Gasteiger partial charge in [0, 0.05) is 19.3 Å². The summed E-state index contributed by atoms with van der Waals surface area (Å²) in [5.74, 6) is -0.612. The van der Waals surface area contributed by atoms with Gasteiger partial charge < -0.3 is 4.74 Å². The van der Waals surface area contributed by atoms with E-state index in [2.05, 4.69) is 0 Å².